The lowest BCUT2D eigenvalue weighted by molar-refractivity contribution is -0.138. The number of nitrogens with zero attached hydrogens (tertiary/aromatic N) is 3. The van der Waals surface area contributed by atoms with Crippen molar-refractivity contribution in [2.45, 2.75) is 38.7 Å². The Morgan fingerprint density at radius 3 is 2.69 bits per heavy atom. The average molecular weight is 512 g/mol. The van der Waals surface area contributed by atoms with Crippen molar-refractivity contribution in [3.05, 3.63) is 59.0 Å². The van der Waals surface area contributed by atoms with E-state index in [1.807, 2.05) is 6.92 Å². The second-order valence-corrected chi connectivity index (χ2v) is 9.85. The van der Waals surface area contributed by atoms with E-state index in [1.54, 1.807) is 16.8 Å². The molecule has 1 aliphatic heterocycles. The Labute approximate surface area is 200 Å². The largest absolute Gasteiger partial charge is 0.496 e. The molecule has 0 saturated heterocycles. The molecule has 1 aromatic carbocycles. The second-order valence-electron chi connectivity index (χ2n) is 8.21. The van der Waals surface area contributed by atoms with Crippen LogP contribution in [0.15, 0.2) is 36.5 Å². The molecule has 1 atom stereocenters. The first-order valence-electron chi connectivity index (χ1n) is 10.7. The van der Waals surface area contributed by atoms with E-state index in [2.05, 4.69) is 4.98 Å². The number of methoxy groups -OCH3 is 1. The number of rotatable bonds is 6. The zero-order valence-electron chi connectivity index (χ0n) is 19.3. The number of hydrogen-bond donors (Lipinski definition) is 0. The average Bonchev–Trinajstić information content (AvgIpc) is 3.02. The summed E-state index contributed by atoms with van der Waals surface area (Å²) in [5.74, 6) is -0.303. The molecule has 12 heteroatoms. The molecule has 8 nitrogen and oxygen atoms in total. The van der Waals surface area contributed by atoms with Gasteiger partial charge in [-0.15, -0.1) is 0 Å². The first-order valence-corrected chi connectivity index (χ1v) is 12.6. The summed E-state index contributed by atoms with van der Waals surface area (Å²) in [5.41, 5.74) is 2.94. The third-order valence-corrected chi connectivity index (χ3v) is 6.12. The number of benzene rings is 1. The van der Waals surface area contributed by atoms with Crippen molar-refractivity contribution in [1.29, 1.82) is 0 Å². The minimum atomic E-state index is -4.56. The maximum absolute atomic E-state index is 13.4. The predicted octanol–water partition coefficient (Wildman–Crippen LogP) is 3.94. The van der Waals surface area contributed by atoms with E-state index in [9.17, 15) is 21.6 Å². The highest BCUT2D eigenvalue weighted by atomic mass is 32.2. The summed E-state index contributed by atoms with van der Waals surface area (Å²) in [5, 5.41) is 4.76. The summed E-state index contributed by atoms with van der Waals surface area (Å²) in [6, 6.07) is 7.07. The van der Waals surface area contributed by atoms with Crippen LogP contribution < -0.4 is 4.74 Å². The van der Waals surface area contributed by atoms with Gasteiger partial charge in [0.2, 0.25) is 0 Å². The zero-order chi connectivity index (χ0) is 25.4. The number of alkyl halides is 3. The van der Waals surface area contributed by atoms with Gasteiger partial charge in [-0.05, 0) is 37.6 Å². The molecule has 1 aliphatic rings. The first-order chi connectivity index (χ1) is 16.5. The fourth-order valence-electron chi connectivity index (χ4n) is 4.01. The Morgan fingerprint density at radius 2 is 2.00 bits per heavy atom. The summed E-state index contributed by atoms with van der Waals surface area (Å²) < 4.78 is 80.2. The highest BCUT2D eigenvalue weighted by molar-refractivity contribution is 7.85. The molecule has 0 saturated carbocycles. The van der Waals surface area contributed by atoms with E-state index >= 15 is 0 Å². The standard InChI is InChI=1S/C23H24F3N3O5S/c1-14-10-20-18(7-9-33-14)22(15-6-8-27-16(11-15)13-34-35(3,30)31)28-29(20)17-4-5-19(23(24,25)26)21(12-17)32-2/h4-6,8,11-12,14H,7,9-10,13H2,1-3H3/t14-/m1/s1. The molecule has 188 valence electrons. The van der Waals surface area contributed by atoms with Crippen molar-refractivity contribution in [1.82, 2.24) is 14.8 Å². The van der Waals surface area contributed by atoms with Crippen LogP contribution >= 0.6 is 0 Å². The summed E-state index contributed by atoms with van der Waals surface area (Å²) in [6.07, 6.45) is -1.14. The van der Waals surface area contributed by atoms with Crippen LogP contribution in [0.25, 0.3) is 16.9 Å². The highest BCUT2D eigenvalue weighted by Crippen LogP contribution is 2.38. The summed E-state index contributed by atoms with van der Waals surface area (Å²) in [4.78, 5) is 4.16. The van der Waals surface area contributed by atoms with Crippen molar-refractivity contribution in [2.24, 2.45) is 0 Å². The van der Waals surface area contributed by atoms with Crippen LogP contribution in [0, 0.1) is 0 Å². The first kappa shape index (κ1) is 25.1. The molecule has 0 unspecified atom stereocenters. The van der Waals surface area contributed by atoms with Crippen molar-refractivity contribution in [3.8, 4) is 22.7 Å². The van der Waals surface area contributed by atoms with Gasteiger partial charge in [0.25, 0.3) is 10.1 Å². The van der Waals surface area contributed by atoms with Gasteiger partial charge in [-0.25, -0.2) is 4.68 Å². The van der Waals surface area contributed by atoms with Gasteiger partial charge in [0.15, 0.2) is 0 Å². The second kappa shape index (κ2) is 9.59. The molecule has 3 heterocycles. The smallest absolute Gasteiger partial charge is 0.419 e. The maximum atomic E-state index is 13.4. The molecule has 0 radical (unpaired) electrons. The Bertz CT molecular complexity index is 1340. The Hall–Kier alpha value is -2.96. The van der Waals surface area contributed by atoms with Crippen LogP contribution in [-0.2, 0) is 44.7 Å². The molecule has 0 aliphatic carbocycles. The van der Waals surface area contributed by atoms with E-state index in [0.29, 0.717) is 42.1 Å². The molecule has 0 N–H and O–H groups in total. The van der Waals surface area contributed by atoms with Crippen LogP contribution in [0.5, 0.6) is 5.75 Å². The Balaban J connectivity index is 1.83. The molecular formula is C23H24F3N3O5S. The van der Waals surface area contributed by atoms with Gasteiger partial charge in [0.05, 0.1) is 54.4 Å². The number of aromatic nitrogens is 3. The van der Waals surface area contributed by atoms with Crippen LogP contribution in [0.2, 0.25) is 0 Å². The van der Waals surface area contributed by atoms with Gasteiger partial charge in [-0.3, -0.25) is 9.17 Å². The van der Waals surface area contributed by atoms with E-state index in [1.165, 1.54) is 25.4 Å². The lowest BCUT2D eigenvalue weighted by Crippen LogP contribution is -2.14. The van der Waals surface area contributed by atoms with Crippen molar-refractivity contribution < 1.29 is 35.2 Å². The minimum Gasteiger partial charge on any atom is -0.496 e. The maximum Gasteiger partial charge on any atom is 0.419 e. The molecular weight excluding hydrogens is 487 g/mol. The van der Waals surface area contributed by atoms with Crippen LogP contribution in [0.1, 0.15) is 29.4 Å². The number of halogens is 3. The number of fused-ring (bicyclic) bond motifs is 1. The van der Waals surface area contributed by atoms with Crippen LogP contribution in [0.3, 0.4) is 0 Å². The minimum absolute atomic E-state index is 0.118. The molecule has 0 spiro atoms. The predicted molar refractivity (Wildman–Crippen MR) is 121 cm³/mol. The van der Waals surface area contributed by atoms with Gasteiger partial charge in [-0.2, -0.15) is 26.7 Å². The molecule has 35 heavy (non-hydrogen) atoms. The van der Waals surface area contributed by atoms with Gasteiger partial charge in [0.1, 0.15) is 12.4 Å². The summed E-state index contributed by atoms with van der Waals surface area (Å²) in [7, 11) is -2.46. The van der Waals surface area contributed by atoms with E-state index < -0.39 is 21.9 Å². The van der Waals surface area contributed by atoms with Crippen molar-refractivity contribution >= 4 is 10.1 Å². The van der Waals surface area contributed by atoms with Gasteiger partial charge >= 0.3 is 6.18 Å². The Kier molecular flexibility index (Phi) is 6.89. The summed E-state index contributed by atoms with van der Waals surface area (Å²) in [6.45, 7) is 2.15. The normalized spacial score (nSPS) is 16.6. The third-order valence-electron chi connectivity index (χ3n) is 5.57. The SMILES string of the molecule is COc1cc(-n2nc(-c3ccnc(COS(C)(=O)=O)c3)c3c2C[C@@H](C)OCC3)ccc1C(F)(F)F. The zero-order valence-corrected chi connectivity index (χ0v) is 20.1. The van der Waals surface area contributed by atoms with E-state index in [-0.39, 0.29) is 18.5 Å². The molecule has 4 rings (SSSR count). The lowest BCUT2D eigenvalue weighted by atomic mass is 10.0. The van der Waals surface area contributed by atoms with Crippen LogP contribution in [-0.4, -0.2) is 49.3 Å². The quantitative estimate of drug-likeness (QED) is 0.463. The Morgan fingerprint density at radius 1 is 1.23 bits per heavy atom. The van der Waals surface area contributed by atoms with Gasteiger partial charge in [0, 0.05) is 29.8 Å². The number of pyridine rings is 1. The fraction of sp³-hybridized carbons (Fsp3) is 0.391. The van der Waals surface area contributed by atoms with Crippen LogP contribution in [0.4, 0.5) is 13.2 Å². The number of hydrogen-bond acceptors (Lipinski definition) is 7. The molecule has 0 fully saturated rings. The third kappa shape index (κ3) is 5.65. The topological polar surface area (TPSA) is 92.5 Å². The fourth-order valence-corrected chi connectivity index (χ4v) is 4.35. The van der Waals surface area contributed by atoms with E-state index in [4.69, 9.17) is 18.8 Å². The van der Waals surface area contributed by atoms with Crippen molar-refractivity contribution in [3.63, 3.8) is 0 Å². The van der Waals surface area contributed by atoms with Crippen molar-refractivity contribution in [2.75, 3.05) is 20.0 Å². The molecule has 0 amide bonds. The lowest BCUT2D eigenvalue weighted by Gasteiger charge is -2.15. The highest BCUT2D eigenvalue weighted by Gasteiger charge is 2.35. The monoisotopic (exact) mass is 511 g/mol. The molecule has 2 aromatic heterocycles. The van der Waals surface area contributed by atoms with Gasteiger partial charge < -0.3 is 9.47 Å². The van der Waals surface area contributed by atoms with Gasteiger partial charge in [-0.1, -0.05) is 0 Å². The number of ether oxygens (including phenoxy) is 2. The molecule has 0 bridgehead atoms. The summed E-state index contributed by atoms with van der Waals surface area (Å²) >= 11 is 0. The van der Waals surface area contributed by atoms with E-state index in [0.717, 1.165) is 23.6 Å². The molecule has 3 aromatic rings.